The Morgan fingerprint density at radius 2 is 2.13 bits per heavy atom. The van der Waals surface area contributed by atoms with Gasteiger partial charge in [-0.1, -0.05) is 12.5 Å². The second kappa shape index (κ2) is 12.5. The molecule has 2 aliphatic rings. The normalized spacial score (nSPS) is 19.2. The highest BCUT2D eigenvalue weighted by Gasteiger charge is 2.21. The Labute approximate surface area is 223 Å². The number of hydrogen-bond acceptors (Lipinski definition) is 8. The molecule has 1 aromatic carbocycles. The number of carbonyl (C=O) groups is 1. The number of nitrogens with one attached hydrogen (secondary N) is 3. The van der Waals surface area contributed by atoms with Crippen LogP contribution >= 0.6 is 0 Å². The Morgan fingerprint density at radius 3 is 2.87 bits per heavy atom. The summed E-state index contributed by atoms with van der Waals surface area (Å²) in [6.07, 6.45) is 8.53. The molecular formula is C28H37N7O3. The van der Waals surface area contributed by atoms with Crippen LogP contribution in [0.25, 0.3) is 11.2 Å². The van der Waals surface area contributed by atoms with Crippen molar-refractivity contribution in [3.8, 4) is 0 Å². The van der Waals surface area contributed by atoms with Crippen LogP contribution < -0.4 is 16.0 Å². The van der Waals surface area contributed by atoms with Gasteiger partial charge in [0.25, 0.3) is 5.91 Å². The molecule has 1 fully saturated rings. The lowest BCUT2D eigenvalue weighted by atomic mass is 10.0. The molecule has 0 spiro atoms. The van der Waals surface area contributed by atoms with Crippen LogP contribution in [0.2, 0.25) is 0 Å². The zero-order chi connectivity index (χ0) is 26.3. The molecule has 2 unspecified atom stereocenters. The van der Waals surface area contributed by atoms with E-state index in [4.69, 9.17) is 9.72 Å². The van der Waals surface area contributed by atoms with Gasteiger partial charge in [0.15, 0.2) is 5.65 Å². The van der Waals surface area contributed by atoms with E-state index in [-0.39, 0.29) is 5.91 Å². The van der Waals surface area contributed by atoms with Crippen molar-refractivity contribution in [2.24, 2.45) is 0 Å². The number of anilines is 2. The molecule has 10 heteroatoms. The summed E-state index contributed by atoms with van der Waals surface area (Å²) in [4.78, 5) is 19.2. The lowest BCUT2D eigenvalue weighted by Gasteiger charge is -2.30. The van der Waals surface area contributed by atoms with Crippen molar-refractivity contribution in [2.45, 2.75) is 51.5 Å². The smallest absolute Gasteiger partial charge is 0.251 e. The van der Waals surface area contributed by atoms with E-state index in [9.17, 15) is 9.90 Å². The number of aliphatic hydroxyl groups is 1. The average Bonchev–Trinajstić information content (AvgIpc) is 3.37. The van der Waals surface area contributed by atoms with Gasteiger partial charge in [-0.25, -0.2) is 4.52 Å². The summed E-state index contributed by atoms with van der Waals surface area (Å²) in [5, 5.41) is 24.5. The van der Waals surface area contributed by atoms with Gasteiger partial charge in [0.05, 0.1) is 0 Å². The fraction of sp³-hybridized carbons (Fsp3) is 0.464. The number of benzene rings is 1. The number of ether oxygens (including phenoxy) is 1. The van der Waals surface area contributed by atoms with Crippen molar-refractivity contribution in [2.75, 3.05) is 38.1 Å². The highest BCUT2D eigenvalue weighted by atomic mass is 16.6. The van der Waals surface area contributed by atoms with E-state index < -0.39 is 6.41 Å². The number of carbonyl (C=O) groups excluding carboxylic acids is 1. The molecular weight excluding hydrogens is 482 g/mol. The number of rotatable bonds is 10. The number of nitrogens with zero attached hydrogens (tertiary/aromatic N) is 4. The molecule has 1 saturated heterocycles. The van der Waals surface area contributed by atoms with E-state index in [0.29, 0.717) is 43.8 Å². The maximum Gasteiger partial charge on any atom is 0.251 e. The third-order valence-corrected chi connectivity index (χ3v) is 7.17. The third kappa shape index (κ3) is 6.39. The highest BCUT2D eigenvalue weighted by molar-refractivity contribution is 5.94. The maximum absolute atomic E-state index is 12.5. The summed E-state index contributed by atoms with van der Waals surface area (Å²) in [5.74, 6) is 0.426. The standard InChI is InChI=1S/C28H37N7O3/c1-2-38-28(37)34-18-13-20(14-19-34)24-7-5-17-35-25(24)32-27(33-35)31-23-10-8-21(9-11-23)26(36)30-16-12-22-6-3-4-15-29-22/h5,7-11,13,17,22,28-29,37H,2-4,6,12,14-16,18-19H2,1H3,(H,30,36)(H,31,33). The molecule has 0 saturated carbocycles. The van der Waals surface area contributed by atoms with Gasteiger partial charge < -0.3 is 25.8 Å². The van der Waals surface area contributed by atoms with Crippen molar-refractivity contribution in [1.29, 1.82) is 0 Å². The molecule has 5 rings (SSSR count). The number of amides is 1. The maximum atomic E-state index is 12.5. The number of hydrogen-bond donors (Lipinski definition) is 4. The van der Waals surface area contributed by atoms with Gasteiger partial charge in [0.2, 0.25) is 12.4 Å². The van der Waals surface area contributed by atoms with Gasteiger partial charge >= 0.3 is 0 Å². The number of aromatic nitrogens is 3. The molecule has 2 aliphatic heterocycles. The first-order valence-corrected chi connectivity index (χ1v) is 13.6. The Bertz CT molecular complexity index is 1250. The molecule has 0 radical (unpaired) electrons. The largest absolute Gasteiger partial charge is 0.356 e. The van der Waals surface area contributed by atoms with E-state index in [1.165, 1.54) is 24.8 Å². The van der Waals surface area contributed by atoms with Crippen LogP contribution in [0.3, 0.4) is 0 Å². The SMILES string of the molecule is CCOC(O)N1CC=C(c2cccn3nc(Nc4ccc(C(=O)NCCC5CCCCN5)cc4)nc23)CC1. The zero-order valence-corrected chi connectivity index (χ0v) is 21.9. The Kier molecular flexibility index (Phi) is 8.65. The summed E-state index contributed by atoms with van der Waals surface area (Å²) >= 11 is 0. The Balaban J connectivity index is 1.20. The topological polar surface area (TPSA) is 116 Å². The third-order valence-electron chi connectivity index (χ3n) is 7.17. The van der Waals surface area contributed by atoms with Gasteiger partial charge in [0.1, 0.15) is 0 Å². The molecule has 3 aromatic rings. The molecule has 2 aromatic heterocycles. The summed E-state index contributed by atoms with van der Waals surface area (Å²) in [6.45, 7) is 5.39. The van der Waals surface area contributed by atoms with Gasteiger partial charge in [0, 0.05) is 55.3 Å². The highest BCUT2D eigenvalue weighted by Crippen LogP contribution is 2.27. The number of fused-ring (bicyclic) bond motifs is 1. The molecule has 202 valence electrons. The monoisotopic (exact) mass is 519 g/mol. The van der Waals surface area contributed by atoms with Crippen LogP contribution in [0.5, 0.6) is 0 Å². The van der Waals surface area contributed by atoms with Gasteiger partial charge in [-0.3, -0.25) is 9.69 Å². The van der Waals surface area contributed by atoms with E-state index >= 15 is 0 Å². The van der Waals surface area contributed by atoms with Gasteiger partial charge in [-0.05, 0) is 81.1 Å². The minimum atomic E-state index is -0.881. The first kappa shape index (κ1) is 26.3. The van der Waals surface area contributed by atoms with Crippen LogP contribution in [0.1, 0.15) is 54.9 Å². The first-order valence-electron chi connectivity index (χ1n) is 13.6. The lowest BCUT2D eigenvalue weighted by Crippen LogP contribution is -2.40. The van der Waals surface area contributed by atoms with Crippen molar-refractivity contribution in [1.82, 2.24) is 30.1 Å². The predicted molar refractivity (Wildman–Crippen MR) is 147 cm³/mol. The first-order chi connectivity index (χ1) is 18.6. The number of pyridine rings is 1. The van der Waals surface area contributed by atoms with Crippen molar-refractivity contribution >= 4 is 28.8 Å². The van der Waals surface area contributed by atoms with E-state index in [1.807, 2.05) is 54.4 Å². The van der Waals surface area contributed by atoms with Gasteiger partial charge in [-0.15, -0.1) is 5.10 Å². The molecule has 1 amide bonds. The Hall–Kier alpha value is -3.31. The van der Waals surface area contributed by atoms with E-state index in [1.54, 1.807) is 4.52 Å². The summed E-state index contributed by atoms with van der Waals surface area (Å²) < 4.78 is 7.07. The number of aliphatic hydroxyl groups excluding tert-OH is 1. The van der Waals surface area contributed by atoms with Crippen LogP contribution in [-0.2, 0) is 4.74 Å². The Morgan fingerprint density at radius 1 is 1.26 bits per heavy atom. The molecule has 4 N–H and O–H groups in total. The molecule has 0 bridgehead atoms. The average molecular weight is 520 g/mol. The predicted octanol–water partition coefficient (Wildman–Crippen LogP) is 3.14. The van der Waals surface area contributed by atoms with Crippen molar-refractivity contribution < 1.29 is 14.6 Å². The van der Waals surface area contributed by atoms with Crippen molar-refractivity contribution in [3.05, 3.63) is 59.8 Å². The molecule has 4 heterocycles. The lowest BCUT2D eigenvalue weighted by molar-refractivity contribution is -0.187. The number of piperidine rings is 1. The van der Waals surface area contributed by atoms with Crippen LogP contribution in [0.4, 0.5) is 11.6 Å². The van der Waals surface area contributed by atoms with Gasteiger partial charge in [-0.2, -0.15) is 4.98 Å². The minimum Gasteiger partial charge on any atom is -0.356 e. The quantitative estimate of drug-likeness (QED) is 0.302. The fourth-order valence-corrected chi connectivity index (χ4v) is 5.06. The summed E-state index contributed by atoms with van der Waals surface area (Å²) in [5.41, 5.74) is 4.40. The van der Waals surface area contributed by atoms with E-state index in [2.05, 4.69) is 27.1 Å². The fourth-order valence-electron chi connectivity index (χ4n) is 5.06. The van der Waals surface area contributed by atoms with E-state index in [0.717, 1.165) is 36.3 Å². The summed E-state index contributed by atoms with van der Waals surface area (Å²) in [7, 11) is 0. The molecule has 2 atom stereocenters. The van der Waals surface area contributed by atoms with Crippen LogP contribution in [-0.4, -0.2) is 75.8 Å². The second-order valence-corrected chi connectivity index (χ2v) is 9.78. The molecule has 0 aliphatic carbocycles. The molecule has 38 heavy (non-hydrogen) atoms. The molecule has 10 nitrogen and oxygen atoms in total. The zero-order valence-electron chi connectivity index (χ0n) is 21.9. The summed E-state index contributed by atoms with van der Waals surface area (Å²) in [6, 6.07) is 11.9. The minimum absolute atomic E-state index is 0.0593. The van der Waals surface area contributed by atoms with Crippen LogP contribution in [0.15, 0.2) is 48.7 Å². The second-order valence-electron chi connectivity index (χ2n) is 9.78. The van der Waals surface area contributed by atoms with Crippen LogP contribution in [0, 0.1) is 0 Å². The van der Waals surface area contributed by atoms with Crippen molar-refractivity contribution in [3.63, 3.8) is 0 Å².